The monoisotopic (exact) mass is 656 g/mol. The summed E-state index contributed by atoms with van der Waals surface area (Å²) >= 11 is 20.2. The molecule has 4 heterocycles. The van der Waals surface area contributed by atoms with Gasteiger partial charge >= 0.3 is 11.9 Å². The Balaban J connectivity index is 1.33. The molecule has 0 aliphatic carbocycles. The van der Waals surface area contributed by atoms with Crippen molar-refractivity contribution >= 4 is 87.7 Å². The molecule has 0 aromatic carbocycles. The number of hydrogen-bond acceptors (Lipinski definition) is 8. The molecule has 1 fully saturated rings. The van der Waals surface area contributed by atoms with Gasteiger partial charge in [-0.05, 0) is 23.3 Å². The third-order valence-corrected chi connectivity index (χ3v) is 9.10. The van der Waals surface area contributed by atoms with E-state index < -0.39 is 23.4 Å². The van der Waals surface area contributed by atoms with Gasteiger partial charge in [-0.25, -0.2) is 9.78 Å². The van der Waals surface area contributed by atoms with Crippen LogP contribution in [0.5, 0.6) is 0 Å². The molecular formula is C25H24Cl2N5O6S3+. The molecule has 2 aliphatic rings. The van der Waals surface area contributed by atoms with Crippen LogP contribution in [0.15, 0.2) is 52.8 Å². The number of carbonyl (C=O) groups excluding carboxylic acids is 2. The van der Waals surface area contributed by atoms with Crippen molar-refractivity contribution in [1.82, 2.24) is 20.5 Å². The number of nitrogens with one attached hydrogen (secondary N) is 2. The quantitative estimate of drug-likeness (QED) is 0.0874. The Kier molecular flexibility index (Phi) is 10.5. The minimum absolute atomic E-state index is 0.00746. The highest BCUT2D eigenvalue weighted by molar-refractivity contribution is 8.01. The first-order chi connectivity index (χ1) is 19.5. The maximum atomic E-state index is 13.0. The molecule has 0 spiro atoms. The first-order valence-electron chi connectivity index (χ1n) is 12.1. The predicted molar refractivity (Wildman–Crippen MR) is 158 cm³/mol. The van der Waals surface area contributed by atoms with E-state index in [1.807, 2.05) is 0 Å². The summed E-state index contributed by atoms with van der Waals surface area (Å²) in [4.78, 5) is 54.2. The zero-order valence-corrected chi connectivity index (χ0v) is 25.2. The van der Waals surface area contributed by atoms with Gasteiger partial charge in [0.1, 0.15) is 27.4 Å². The number of pyridine rings is 2. The molecular weight excluding hydrogens is 633 g/mol. The number of rotatable bonds is 12. The average Bonchev–Trinajstić information content (AvgIpc) is 2.89. The van der Waals surface area contributed by atoms with E-state index >= 15 is 0 Å². The van der Waals surface area contributed by atoms with Crippen molar-refractivity contribution in [1.29, 1.82) is 0 Å². The van der Waals surface area contributed by atoms with Crippen molar-refractivity contribution in [3.8, 4) is 0 Å². The van der Waals surface area contributed by atoms with Crippen LogP contribution in [0.3, 0.4) is 0 Å². The van der Waals surface area contributed by atoms with Gasteiger partial charge in [0.15, 0.2) is 12.4 Å². The Morgan fingerprint density at radius 2 is 1.88 bits per heavy atom. The molecule has 0 bridgehead atoms. The van der Waals surface area contributed by atoms with Gasteiger partial charge in [-0.3, -0.25) is 19.3 Å². The molecule has 41 heavy (non-hydrogen) atoms. The molecule has 11 nitrogen and oxygen atoms in total. The van der Waals surface area contributed by atoms with Crippen molar-refractivity contribution in [2.75, 3.05) is 18.1 Å². The Bertz CT molecular complexity index is 1400. The maximum absolute atomic E-state index is 13.0. The second kappa shape index (κ2) is 13.8. The van der Waals surface area contributed by atoms with E-state index in [2.05, 4.69) is 15.6 Å². The topological polar surface area (TPSA) is 153 Å². The second-order valence-electron chi connectivity index (χ2n) is 9.00. The minimum atomic E-state index is -1.17. The van der Waals surface area contributed by atoms with Crippen molar-refractivity contribution in [3.05, 3.63) is 63.8 Å². The third-order valence-electron chi connectivity index (χ3n) is 6.01. The number of hydrogen-bond donors (Lipinski definition) is 4. The summed E-state index contributed by atoms with van der Waals surface area (Å²) in [6.07, 6.45) is 3.57. The zero-order valence-electron chi connectivity index (χ0n) is 21.2. The van der Waals surface area contributed by atoms with Crippen LogP contribution in [0.2, 0.25) is 10.3 Å². The molecule has 16 heteroatoms. The second-order valence-corrected chi connectivity index (χ2v) is 12.4. The van der Waals surface area contributed by atoms with Crippen LogP contribution in [0.25, 0.3) is 0 Å². The van der Waals surface area contributed by atoms with E-state index in [0.29, 0.717) is 28.5 Å². The molecule has 2 atom stereocenters. The van der Waals surface area contributed by atoms with Gasteiger partial charge in [-0.2, -0.15) is 4.57 Å². The van der Waals surface area contributed by atoms with E-state index in [4.69, 9.17) is 40.5 Å². The van der Waals surface area contributed by atoms with Gasteiger partial charge in [0.2, 0.25) is 6.54 Å². The highest BCUT2D eigenvalue weighted by Crippen LogP contribution is 2.41. The lowest BCUT2D eigenvalue weighted by Crippen LogP contribution is -2.70. The fourth-order valence-corrected chi connectivity index (χ4v) is 7.34. The standard InChI is InChI=1S/C25H23Cl2N5O6S3/c26-16-7-13(8-17(27)29-16)9-19(39)30-21-23(36)32-22(25(37)38)14(12-41-24(21)32)11-40-15-2-5-31(6-3-15)10-18(33)28-4-1-20(34)35/h2-3,5-8,21,24H,1,4,9-12H2,(H3-,28,30,33,34,35,37,38,39)/p+1/t21-,24+/m0/s1. The van der Waals surface area contributed by atoms with Crippen LogP contribution in [0, 0.1) is 0 Å². The summed E-state index contributed by atoms with van der Waals surface area (Å²) in [5.41, 5.74) is 1.36. The van der Waals surface area contributed by atoms with Gasteiger partial charge in [-0.15, -0.1) is 23.5 Å². The number of halogens is 2. The van der Waals surface area contributed by atoms with Crippen molar-refractivity contribution < 1.29 is 34.0 Å². The van der Waals surface area contributed by atoms with Gasteiger partial charge < -0.3 is 20.8 Å². The van der Waals surface area contributed by atoms with Crippen LogP contribution in [-0.2, 0) is 32.1 Å². The molecule has 2 aliphatic heterocycles. The fourth-order valence-electron chi connectivity index (χ4n) is 4.17. The number of thioether (sulfide) groups is 2. The number of aliphatic carboxylic acids is 2. The first-order valence-corrected chi connectivity index (χ1v) is 15.3. The number of carbonyl (C=O) groups is 4. The van der Waals surface area contributed by atoms with E-state index in [0.717, 1.165) is 10.5 Å². The molecule has 0 unspecified atom stereocenters. The van der Waals surface area contributed by atoms with Gasteiger partial charge in [0.05, 0.1) is 11.4 Å². The Hall–Kier alpha value is -2.91. The summed E-state index contributed by atoms with van der Waals surface area (Å²) < 4.78 is 1.65. The fraction of sp³-hybridized carbons (Fsp3) is 0.320. The molecule has 4 rings (SSSR count). The smallest absolute Gasteiger partial charge is 0.352 e. The molecule has 0 radical (unpaired) electrons. The lowest BCUT2D eigenvalue weighted by Gasteiger charge is -2.49. The summed E-state index contributed by atoms with van der Waals surface area (Å²) in [6.45, 7) is 0.0957. The first kappa shape index (κ1) is 31.0. The van der Waals surface area contributed by atoms with E-state index in [9.17, 15) is 24.3 Å². The lowest BCUT2D eigenvalue weighted by atomic mass is 10.0. The molecule has 2 amide bonds. The highest BCUT2D eigenvalue weighted by Gasteiger charge is 2.53. The van der Waals surface area contributed by atoms with Crippen molar-refractivity contribution in [2.45, 2.75) is 35.7 Å². The highest BCUT2D eigenvalue weighted by atomic mass is 35.5. The third kappa shape index (κ3) is 8.10. The Labute approximate surface area is 258 Å². The van der Waals surface area contributed by atoms with Crippen molar-refractivity contribution in [2.24, 2.45) is 0 Å². The summed E-state index contributed by atoms with van der Waals surface area (Å²) in [5, 5.41) is 24.3. The zero-order chi connectivity index (χ0) is 29.7. The molecule has 0 saturated carbocycles. The van der Waals surface area contributed by atoms with Crippen LogP contribution in [-0.4, -0.2) is 78.3 Å². The molecule has 216 valence electrons. The van der Waals surface area contributed by atoms with Crippen LogP contribution < -0.4 is 15.2 Å². The number of β-lactam (4-membered cyclic amide) rings is 1. The molecule has 1 saturated heterocycles. The Morgan fingerprint density at radius 3 is 2.51 bits per heavy atom. The van der Waals surface area contributed by atoms with E-state index in [1.54, 1.807) is 41.2 Å². The molecule has 2 aromatic rings. The van der Waals surface area contributed by atoms with Crippen LogP contribution in [0.1, 0.15) is 12.0 Å². The number of nitrogens with zero attached hydrogens (tertiary/aromatic N) is 3. The lowest BCUT2D eigenvalue weighted by molar-refractivity contribution is -0.684. The number of carboxylic acid groups (broad SMARTS) is 2. The van der Waals surface area contributed by atoms with Crippen LogP contribution >= 0.6 is 58.9 Å². The number of aromatic nitrogens is 2. The van der Waals surface area contributed by atoms with Crippen LogP contribution in [0.4, 0.5) is 0 Å². The largest absolute Gasteiger partial charge is 0.481 e. The van der Waals surface area contributed by atoms with E-state index in [-0.39, 0.29) is 47.3 Å². The summed E-state index contributed by atoms with van der Waals surface area (Å²) in [6, 6.07) is 6.22. The normalized spacial score (nSPS) is 17.9. The number of amides is 2. The number of fused-ring (bicyclic) bond motifs is 1. The SMILES string of the molecule is O=C(O)CCNC(=O)C[n+]1ccc(SCC2=C(C(=O)O)N3C(=O)[C@H](NC(=S)Cc4cc(Cl)nc(Cl)c4)[C@H]3SC2)cc1. The van der Waals surface area contributed by atoms with E-state index in [1.165, 1.54) is 28.4 Å². The average molecular weight is 658 g/mol. The van der Waals surface area contributed by atoms with Crippen molar-refractivity contribution in [3.63, 3.8) is 0 Å². The molecule has 4 N–H and O–H groups in total. The Morgan fingerprint density at radius 1 is 1.20 bits per heavy atom. The predicted octanol–water partition coefficient (Wildman–Crippen LogP) is 2.14. The van der Waals surface area contributed by atoms with Gasteiger partial charge in [-0.1, -0.05) is 35.4 Å². The van der Waals surface area contributed by atoms with Gasteiger partial charge in [0, 0.05) is 41.5 Å². The summed E-state index contributed by atoms with van der Waals surface area (Å²) in [5.74, 6) is -2.02. The maximum Gasteiger partial charge on any atom is 0.352 e. The number of carboxylic acids is 2. The minimum Gasteiger partial charge on any atom is -0.481 e. The summed E-state index contributed by atoms with van der Waals surface area (Å²) in [7, 11) is 0. The van der Waals surface area contributed by atoms with Gasteiger partial charge in [0.25, 0.3) is 11.8 Å². The number of thiocarbonyl (C=S) groups is 1. The molecule has 2 aromatic heterocycles.